The van der Waals surface area contributed by atoms with E-state index in [1.54, 1.807) is 6.07 Å². The number of ether oxygens (including phenoxy) is 1. The van der Waals surface area contributed by atoms with Crippen molar-refractivity contribution in [3.63, 3.8) is 0 Å². The Balaban J connectivity index is 1.23. The monoisotopic (exact) mass is 446 g/mol. The summed E-state index contributed by atoms with van der Waals surface area (Å²) in [5, 5.41) is 5.00. The molecule has 170 valence electrons. The Bertz CT molecular complexity index is 1230. The summed E-state index contributed by atoms with van der Waals surface area (Å²) in [7, 11) is 0. The highest BCUT2D eigenvalue weighted by molar-refractivity contribution is 5.97. The topological polar surface area (TPSA) is 84.8 Å². The van der Waals surface area contributed by atoms with Crippen molar-refractivity contribution >= 4 is 16.9 Å². The summed E-state index contributed by atoms with van der Waals surface area (Å²) >= 11 is 0. The molecule has 4 aromatic rings. The van der Waals surface area contributed by atoms with Crippen molar-refractivity contribution < 1.29 is 18.5 Å². The number of benzene rings is 2. The maximum absolute atomic E-state index is 13.1. The van der Waals surface area contributed by atoms with E-state index in [9.17, 15) is 4.79 Å². The summed E-state index contributed by atoms with van der Waals surface area (Å²) < 4.78 is 17.0. The zero-order chi connectivity index (χ0) is 22.6. The van der Waals surface area contributed by atoms with Crippen molar-refractivity contribution in [3.8, 4) is 17.2 Å². The Morgan fingerprint density at radius 3 is 2.79 bits per heavy atom. The van der Waals surface area contributed by atoms with Crippen molar-refractivity contribution in [2.24, 2.45) is 0 Å². The van der Waals surface area contributed by atoms with Crippen LogP contribution in [0.25, 0.3) is 22.4 Å². The van der Waals surface area contributed by atoms with Crippen LogP contribution in [0.15, 0.2) is 63.5 Å². The van der Waals surface area contributed by atoms with E-state index < -0.39 is 0 Å². The van der Waals surface area contributed by atoms with Crippen LogP contribution in [0.1, 0.15) is 29.7 Å². The fourth-order valence-corrected chi connectivity index (χ4v) is 4.12. The Hall–Kier alpha value is -3.65. The van der Waals surface area contributed by atoms with E-state index in [0.29, 0.717) is 55.0 Å². The van der Waals surface area contributed by atoms with Crippen LogP contribution in [-0.4, -0.2) is 58.6 Å². The summed E-state index contributed by atoms with van der Waals surface area (Å²) in [6, 6.07) is 17.2. The Labute approximate surface area is 191 Å². The molecule has 8 heteroatoms. The first-order valence-corrected chi connectivity index (χ1v) is 11.3. The first-order valence-electron chi connectivity index (χ1n) is 11.3. The van der Waals surface area contributed by atoms with Gasteiger partial charge in [0.15, 0.2) is 22.9 Å². The van der Waals surface area contributed by atoms with Crippen molar-refractivity contribution in [1.29, 1.82) is 0 Å². The fraction of sp³-hybridized carbons (Fsp3) is 0.320. The molecule has 1 aliphatic heterocycles. The number of hydrogen-bond acceptors (Lipinski definition) is 7. The number of hydrogen-bond donors (Lipinski definition) is 0. The molecule has 0 saturated carbocycles. The van der Waals surface area contributed by atoms with Crippen LogP contribution in [0, 0.1) is 0 Å². The highest BCUT2D eigenvalue weighted by Crippen LogP contribution is 2.29. The average Bonchev–Trinajstić information content (AvgIpc) is 3.42. The van der Waals surface area contributed by atoms with Gasteiger partial charge in [-0.05, 0) is 37.6 Å². The van der Waals surface area contributed by atoms with Gasteiger partial charge < -0.3 is 18.6 Å². The van der Waals surface area contributed by atoms with Gasteiger partial charge in [-0.25, -0.2) is 0 Å². The molecule has 0 aliphatic carbocycles. The van der Waals surface area contributed by atoms with Gasteiger partial charge in [0.2, 0.25) is 0 Å². The molecule has 2 aromatic heterocycles. The SMILES string of the molecule is CCOc1cccc2cc(C(=O)N3CCCN(Cc4noc(-c5ccccc5)n4)CC3)oc12. The molecule has 0 spiro atoms. The van der Waals surface area contributed by atoms with Crippen LogP contribution in [0.3, 0.4) is 0 Å². The van der Waals surface area contributed by atoms with Gasteiger partial charge >= 0.3 is 0 Å². The van der Waals surface area contributed by atoms with Gasteiger partial charge in [0, 0.05) is 37.1 Å². The molecule has 0 radical (unpaired) electrons. The lowest BCUT2D eigenvalue weighted by Gasteiger charge is -2.20. The van der Waals surface area contributed by atoms with Crippen LogP contribution < -0.4 is 4.74 Å². The second-order valence-electron chi connectivity index (χ2n) is 8.02. The molecule has 5 rings (SSSR count). The fourth-order valence-electron chi connectivity index (χ4n) is 4.12. The van der Waals surface area contributed by atoms with E-state index in [4.69, 9.17) is 13.7 Å². The second-order valence-corrected chi connectivity index (χ2v) is 8.02. The van der Waals surface area contributed by atoms with Gasteiger partial charge in [0.25, 0.3) is 11.8 Å². The van der Waals surface area contributed by atoms with Crippen molar-refractivity contribution in [3.05, 3.63) is 66.2 Å². The van der Waals surface area contributed by atoms with Crippen LogP contribution >= 0.6 is 0 Å². The molecule has 2 aromatic carbocycles. The van der Waals surface area contributed by atoms with Crippen LogP contribution in [0.4, 0.5) is 0 Å². The molecular formula is C25H26N4O4. The summed E-state index contributed by atoms with van der Waals surface area (Å²) in [4.78, 5) is 21.8. The van der Waals surface area contributed by atoms with Crippen molar-refractivity contribution in [2.45, 2.75) is 19.9 Å². The molecule has 0 bridgehead atoms. The molecule has 1 fully saturated rings. The second kappa shape index (κ2) is 9.46. The molecular weight excluding hydrogens is 420 g/mol. The molecule has 33 heavy (non-hydrogen) atoms. The van der Waals surface area contributed by atoms with Crippen molar-refractivity contribution in [2.75, 3.05) is 32.8 Å². The average molecular weight is 447 g/mol. The van der Waals surface area contributed by atoms with E-state index in [2.05, 4.69) is 15.0 Å². The van der Waals surface area contributed by atoms with Crippen LogP contribution in [0.2, 0.25) is 0 Å². The Morgan fingerprint density at radius 1 is 1.06 bits per heavy atom. The number of nitrogens with zero attached hydrogens (tertiary/aromatic N) is 4. The van der Waals surface area contributed by atoms with E-state index >= 15 is 0 Å². The lowest BCUT2D eigenvalue weighted by atomic mass is 10.2. The maximum atomic E-state index is 13.1. The Kier molecular flexibility index (Phi) is 6.08. The minimum atomic E-state index is -0.0959. The molecule has 8 nitrogen and oxygen atoms in total. The number of furan rings is 1. The zero-order valence-corrected chi connectivity index (χ0v) is 18.6. The maximum Gasteiger partial charge on any atom is 0.289 e. The van der Waals surface area contributed by atoms with Crippen LogP contribution in [0.5, 0.6) is 5.75 Å². The summed E-state index contributed by atoms with van der Waals surface area (Å²) in [5.74, 6) is 2.08. The molecule has 1 saturated heterocycles. The zero-order valence-electron chi connectivity index (χ0n) is 18.6. The molecule has 0 unspecified atom stereocenters. The minimum Gasteiger partial charge on any atom is -0.490 e. The smallest absolute Gasteiger partial charge is 0.289 e. The van der Waals surface area contributed by atoms with Gasteiger partial charge in [-0.2, -0.15) is 4.98 Å². The third-order valence-electron chi connectivity index (χ3n) is 5.75. The van der Waals surface area contributed by atoms with E-state index in [1.807, 2.05) is 60.4 Å². The summed E-state index contributed by atoms with van der Waals surface area (Å²) in [6.07, 6.45) is 0.861. The normalized spacial score (nSPS) is 15.0. The highest BCUT2D eigenvalue weighted by Gasteiger charge is 2.24. The number of fused-ring (bicyclic) bond motifs is 1. The number of amides is 1. The summed E-state index contributed by atoms with van der Waals surface area (Å²) in [6.45, 7) is 5.91. The van der Waals surface area contributed by atoms with E-state index in [1.165, 1.54) is 0 Å². The van der Waals surface area contributed by atoms with Gasteiger partial charge in [-0.1, -0.05) is 35.5 Å². The molecule has 1 aliphatic rings. The van der Waals surface area contributed by atoms with Crippen molar-refractivity contribution in [1.82, 2.24) is 19.9 Å². The predicted molar refractivity (Wildman–Crippen MR) is 123 cm³/mol. The molecule has 3 heterocycles. The van der Waals surface area contributed by atoms with Gasteiger partial charge in [-0.3, -0.25) is 9.69 Å². The first-order chi connectivity index (χ1) is 16.2. The van der Waals surface area contributed by atoms with E-state index in [-0.39, 0.29) is 5.91 Å². The molecule has 0 N–H and O–H groups in total. The minimum absolute atomic E-state index is 0.0959. The number of carbonyl (C=O) groups excluding carboxylic acids is 1. The van der Waals surface area contributed by atoms with Gasteiger partial charge in [0.1, 0.15) is 0 Å². The number of rotatable bonds is 6. The predicted octanol–water partition coefficient (Wildman–Crippen LogP) is 4.23. The van der Waals surface area contributed by atoms with Gasteiger partial charge in [-0.15, -0.1) is 0 Å². The first kappa shape index (κ1) is 21.2. The number of carbonyl (C=O) groups is 1. The largest absolute Gasteiger partial charge is 0.490 e. The lowest BCUT2D eigenvalue weighted by Crippen LogP contribution is -2.35. The number of para-hydroxylation sites is 1. The number of aromatic nitrogens is 2. The standard InChI is InChI=1S/C25H26N4O4/c1-2-31-20-11-6-10-19-16-21(32-23(19)20)25(30)29-13-7-12-28(14-15-29)17-22-26-24(33-27-22)18-8-4-3-5-9-18/h3-6,8-11,16H,2,7,12-15,17H2,1H3. The quantitative estimate of drug-likeness (QED) is 0.438. The lowest BCUT2D eigenvalue weighted by molar-refractivity contribution is 0.0731. The molecule has 0 atom stereocenters. The van der Waals surface area contributed by atoms with Gasteiger partial charge in [0.05, 0.1) is 13.2 Å². The van der Waals surface area contributed by atoms with Crippen LogP contribution in [-0.2, 0) is 6.54 Å². The summed E-state index contributed by atoms with van der Waals surface area (Å²) in [5.41, 5.74) is 1.52. The third kappa shape index (κ3) is 4.61. The highest BCUT2D eigenvalue weighted by atomic mass is 16.5. The van der Waals surface area contributed by atoms with E-state index in [0.717, 1.165) is 30.5 Å². The Morgan fingerprint density at radius 2 is 1.94 bits per heavy atom. The third-order valence-corrected chi connectivity index (χ3v) is 5.75. The molecule has 1 amide bonds.